The number of aromatic nitrogens is 3. The van der Waals surface area contributed by atoms with Crippen LogP contribution in [0.1, 0.15) is 0 Å². The van der Waals surface area contributed by atoms with E-state index in [0.29, 0.717) is 29.2 Å². The van der Waals surface area contributed by atoms with Crippen LogP contribution in [0.4, 0.5) is 10.6 Å². The summed E-state index contributed by atoms with van der Waals surface area (Å²) in [4.78, 5) is 24.7. The second kappa shape index (κ2) is 7.47. The molecule has 0 saturated carbocycles. The average molecular weight is 351 g/mol. The van der Waals surface area contributed by atoms with E-state index in [1.165, 1.54) is 19.4 Å². The lowest BCUT2D eigenvalue weighted by atomic mass is 10.1. The molecule has 3 N–H and O–H groups in total. The predicted octanol–water partition coefficient (Wildman–Crippen LogP) is 2.71. The summed E-state index contributed by atoms with van der Waals surface area (Å²) in [6, 6.07) is 8.12. The molecule has 0 aliphatic rings. The molecule has 3 rings (SSSR count). The van der Waals surface area contributed by atoms with Gasteiger partial charge in [-0.3, -0.25) is 5.32 Å². The van der Waals surface area contributed by atoms with Crippen LogP contribution in [0, 0.1) is 0 Å². The molecular formula is C18H17N5O3. The van der Waals surface area contributed by atoms with E-state index in [9.17, 15) is 9.90 Å². The molecule has 8 nitrogen and oxygen atoms in total. The van der Waals surface area contributed by atoms with Gasteiger partial charge in [-0.2, -0.15) is 0 Å². The highest BCUT2D eigenvalue weighted by atomic mass is 16.5. The second-order valence-corrected chi connectivity index (χ2v) is 5.30. The minimum Gasteiger partial charge on any atom is -0.504 e. The quantitative estimate of drug-likeness (QED) is 0.610. The molecule has 0 spiro atoms. The lowest BCUT2D eigenvalue weighted by Gasteiger charge is -2.08. The Morgan fingerprint density at radius 2 is 2.15 bits per heavy atom. The van der Waals surface area contributed by atoms with Gasteiger partial charge in [0, 0.05) is 12.1 Å². The van der Waals surface area contributed by atoms with Crippen LogP contribution in [0.3, 0.4) is 0 Å². The van der Waals surface area contributed by atoms with E-state index in [4.69, 9.17) is 4.74 Å². The van der Waals surface area contributed by atoms with Crippen molar-refractivity contribution in [3.05, 3.63) is 49.2 Å². The number of nitrogens with zero attached hydrogens (tertiary/aromatic N) is 3. The van der Waals surface area contributed by atoms with E-state index < -0.39 is 6.03 Å². The summed E-state index contributed by atoms with van der Waals surface area (Å²) in [6.07, 6.45) is 3.03. The number of aromatic hydroxyl groups is 1. The Morgan fingerprint density at radius 1 is 1.31 bits per heavy atom. The zero-order valence-electron chi connectivity index (χ0n) is 14.1. The highest BCUT2D eigenvalue weighted by Crippen LogP contribution is 2.31. The van der Waals surface area contributed by atoms with Crippen molar-refractivity contribution in [1.29, 1.82) is 0 Å². The standard InChI is InChI=1S/C18H17N5O3/c1-3-8-19-18(25)23-16-10-20-13-6-5-12(21-17(13)22-16)11-4-7-14(24)15(9-11)26-2/h3-7,9-10,24H,1,8H2,2H3,(H2,19,21,22,23,25). The van der Waals surface area contributed by atoms with Gasteiger partial charge in [-0.15, -0.1) is 6.58 Å². The van der Waals surface area contributed by atoms with E-state index in [1.807, 2.05) is 0 Å². The van der Waals surface area contributed by atoms with Crippen molar-refractivity contribution in [1.82, 2.24) is 20.3 Å². The van der Waals surface area contributed by atoms with Crippen molar-refractivity contribution in [2.45, 2.75) is 0 Å². The molecule has 2 heterocycles. The Labute approximate surface area is 149 Å². The number of hydrogen-bond donors (Lipinski definition) is 3. The lowest BCUT2D eigenvalue weighted by molar-refractivity contribution is 0.253. The number of carbonyl (C=O) groups is 1. The molecule has 2 aromatic heterocycles. The number of hydrogen-bond acceptors (Lipinski definition) is 6. The van der Waals surface area contributed by atoms with E-state index >= 15 is 0 Å². The van der Waals surface area contributed by atoms with Crippen molar-refractivity contribution in [3.8, 4) is 22.8 Å². The first-order chi connectivity index (χ1) is 12.6. The number of ether oxygens (including phenoxy) is 1. The van der Waals surface area contributed by atoms with Crippen LogP contribution in [0.15, 0.2) is 49.2 Å². The zero-order valence-corrected chi connectivity index (χ0v) is 14.1. The minimum absolute atomic E-state index is 0.0499. The Hall–Kier alpha value is -3.68. The third kappa shape index (κ3) is 3.69. The van der Waals surface area contributed by atoms with Crippen molar-refractivity contribution in [3.63, 3.8) is 0 Å². The largest absolute Gasteiger partial charge is 0.504 e. The van der Waals surface area contributed by atoms with Gasteiger partial charge in [-0.05, 0) is 30.3 Å². The van der Waals surface area contributed by atoms with Gasteiger partial charge >= 0.3 is 6.03 Å². The SMILES string of the molecule is C=CCNC(=O)Nc1cnc2ccc(-c3ccc(O)c(OC)c3)nc2n1. The number of fused-ring (bicyclic) bond motifs is 1. The summed E-state index contributed by atoms with van der Waals surface area (Å²) in [5.74, 6) is 0.686. The topological polar surface area (TPSA) is 109 Å². The molecule has 0 aliphatic heterocycles. The van der Waals surface area contributed by atoms with Crippen molar-refractivity contribution in [2.24, 2.45) is 0 Å². The monoisotopic (exact) mass is 351 g/mol. The molecule has 8 heteroatoms. The fourth-order valence-corrected chi connectivity index (χ4v) is 2.28. The smallest absolute Gasteiger partial charge is 0.320 e. The highest BCUT2D eigenvalue weighted by Gasteiger charge is 2.09. The summed E-state index contributed by atoms with van der Waals surface area (Å²) >= 11 is 0. The van der Waals surface area contributed by atoms with Gasteiger partial charge < -0.3 is 15.2 Å². The maximum absolute atomic E-state index is 11.7. The second-order valence-electron chi connectivity index (χ2n) is 5.30. The molecule has 0 aliphatic carbocycles. The predicted molar refractivity (Wildman–Crippen MR) is 98.2 cm³/mol. The Morgan fingerprint density at radius 3 is 2.92 bits per heavy atom. The molecule has 132 valence electrons. The van der Waals surface area contributed by atoms with Gasteiger partial charge in [-0.1, -0.05) is 6.08 Å². The number of anilines is 1. The van der Waals surface area contributed by atoms with Gasteiger partial charge in [0.15, 0.2) is 23.0 Å². The summed E-state index contributed by atoms with van der Waals surface area (Å²) in [7, 11) is 1.48. The van der Waals surface area contributed by atoms with Crippen LogP contribution in [-0.4, -0.2) is 39.7 Å². The lowest BCUT2D eigenvalue weighted by Crippen LogP contribution is -2.29. The first-order valence-corrected chi connectivity index (χ1v) is 7.77. The van der Waals surface area contributed by atoms with Gasteiger partial charge in [0.05, 0.1) is 19.0 Å². The molecule has 26 heavy (non-hydrogen) atoms. The van der Waals surface area contributed by atoms with Crippen LogP contribution in [0.2, 0.25) is 0 Å². The third-order valence-corrected chi connectivity index (χ3v) is 3.53. The Balaban J connectivity index is 1.92. The fourth-order valence-electron chi connectivity index (χ4n) is 2.28. The van der Waals surface area contributed by atoms with E-state index in [0.717, 1.165) is 5.56 Å². The Kier molecular flexibility index (Phi) is 4.93. The number of carbonyl (C=O) groups excluding carboxylic acids is 1. The number of urea groups is 1. The molecular weight excluding hydrogens is 334 g/mol. The van der Waals surface area contributed by atoms with Crippen molar-refractivity contribution >= 4 is 23.0 Å². The molecule has 0 bridgehead atoms. The first kappa shape index (κ1) is 17.2. The number of rotatable bonds is 5. The number of phenols is 1. The third-order valence-electron chi connectivity index (χ3n) is 3.53. The molecule has 0 unspecified atom stereocenters. The number of nitrogens with one attached hydrogen (secondary N) is 2. The molecule has 3 aromatic rings. The molecule has 0 fully saturated rings. The highest BCUT2D eigenvalue weighted by molar-refractivity contribution is 5.89. The number of benzene rings is 1. The zero-order chi connectivity index (χ0) is 18.5. The van der Waals surface area contributed by atoms with Gasteiger partial charge in [-0.25, -0.2) is 19.7 Å². The number of pyridine rings is 1. The van der Waals surface area contributed by atoms with Crippen LogP contribution in [0.25, 0.3) is 22.4 Å². The number of amides is 2. The molecule has 2 amide bonds. The van der Waals surface area contributed by atoms with E-state index in [2.05, 4.69) is 32.2 Å². The molecule has 0 radical (unpaired) electrons. The summed E-state index contributed by atoms with van der Waals surface area (Å²) < 4.78 is 5.12. The minimum atomic E-state index is -0.405. The van der Waals surface area contributed by atoms with Gasteiger partial charge in [0.1, 0.15) is 5.52 Å². The Bertz CT molecular complexity index is 974. The molecule has 0 atom stereocenters. The van der Waals surface area contributed by atoms with E-state index in [-0.39, 0.29) is 11.6 Å². The summed E-state index contributed by atoms with van der Waals surface area (Å²) in [5.41, 5.74) is 2.37. The molecule has 0 saturated heterocycles. The van der Waals surface area contributed by atoms with Crippen LogP contribution in [0.5, 0.6) is 11.5 Å². The summed E-state index contributed by atoms with van der Waals surface area (Å²) in [6.45, 7) is 3.88. The number of phenolic OH excluding ortho intramolecular Hbond substituents is 1. The average Bonchev–Trinajstić information content (AvgIpc) is 2.66. The van der Waals surface area contributed by atoms with Crippen molar-refractivity contribution in [2.75, 3.05) is 19.0 Å². The maximum atomic E-state index is 11.7. The van der Waals surface area contributed by atoms with Gasteiger partial charge in [0.2, 0.25) is 0 Å². The first-order valence-electron chi connectivity index (χ1n) is 7.77. The van der Waals surface area contributed by atoms with E-state index in [1.54, 1.807) is 30.3 Å². The van der Waals surface area contributed by atoms with Crippen LogP contribution < -0.4 is 15.4 Å². The normalized spacial score (nSPS) is 10.3. The van der Waals surface area contributed by atoms with Crippen LogP contribution >= 0.6 is 0 Å². The van der Waals surface area contributed by atoms with Crippen molar-refractivity contribution < 1.29 is 14.6 Å². The van der Waals surface area contributed by atoms with Gasteiger partial charge in [0.25, 0.3) is 0 Å². The number of methoxy groups -OCH3 is 1. The fraction of sp³-hybridized carbons (Fsp3) is 0.111. The summed E-state index contributed by atoms with van der Waals surface area (Å²) in [5, 5.41) is 14.9. The van der Waals surface area contributed by atoms with Crippen LogP contribution in [-0.2, 0) is 0 Å². The molecule has 1 aromatic carbocycles. The maximum Gasteiger partial charge on any atom is 0.320 e.